The van der Waals surface area contributed by atoms with Crippen molar-refractivity contribution in [2.24, 2.45) is 11.3 Å². The molecule has 0 spiro atoms. The van der Waals surface area contributed by atoms with Gasteiger partial charge in [-0.3, -0.25) is 4.79 Å². The molecule has 0 amide bonds. The summed E-state index contributed by atoms with van der Waals surface area (Å²) < 4.78 is 5.16. The molecule has 0 aliphatic heterocycles. The number of rotatable bonds is 4. The first-order valence-electron chi connectivity index (χ1n) is 5.06. The highest BCUT2D eigenvalue weighted by Crippen LogP contribution is 2.26. The van der Waals surface area contributed by atoms with Crippen LogP contribution in [0.3, 0.4) is 0 Å². The smallest absolute Gasteiger partial charge is 0.309 e. The summed E-state index contributed by atoms with van der Waals surface area (Å²) in [6, 6.07) is 0. The van der Waals surface area contributed by atoms with Crippen LogP contribution in [0.2, 0.25) is 0 Å². The molecule has 0 fully saturated rings. The van der Waals surface area contributed by atoms with Crippen LogP contribution in [0.1, 0.15) is 27.7 Å². The van der Waals surface area contributed by atoms with E-state index < -0.39 is 0 Å². The van der Waals surface area contributed by atoms with Gasteiger partial charge in [0.2, 0.25) is 0 Å². The molecule has 0 aliphatic carbocycles. The first kappa shape index (κ1) is 13.4. The van der Waals surface area contributed by atoms with Crippen LogP contribution in [0.4, 0.5) is 0 Å². The molecule has 0 N–H and O–H groups in total. The lowest BCUT2D eigenvalue weighted by Gasteiger charge is -2.25. The van der Waals surface area contributed by atoms with Crippen LogP contribution < -0.4 is 0 Å². The lowest BCUT2D eigenvalue weighted by Crippen LogP contribution is -2.29. The van der Waals surface area contributed by atoms with Gasteiger partial charge in [-0.15, -0.1) is 0 Å². The van der Waals surface area contributed by atoms with Crippen LogP contribution in [0.15, 0.2) is 0 Å². The van der Waals surface area contributed by atoms with E-state index in [-0.39, 0.29) is 17.3 Å². The summed E-state index contributed by atoms with van der Waals surface area (Å²) in [4.78, 5) is 13.5. The third-order valence-corrected chi connectivity index (χ3v) is 2.44. The topological polar surface area (TPSA) is 29.5 Å². The lowest BCUT2D eigenvalue weighted by molar-refractivity contribution is -0.151. The Kier molecular flexibility index (Phi) is 5.13. The number of nitrogens with zero attached hydrogens (tertiary/aromatic N) is 1. The Morgan fingerprint density at radius 3 is 2.21 bits per heavy atom. The molecule has 0 aromatic rings. The van der Waals surface area contributed by atoms with Gasteiger partial charge in [0.1, 0.15) is 6.61 Å². The van der Waals surface area contributed by atoms with Gasteiger partial charge in [-0.25, -0.2) is 0 Å². The van der Waals surface area contributed by atoms with Crippen molar-refractivity contribution in [3.63, 3.8) is 0 Å². The zero-order chi connectivity index (χ0) is 11.4. The van der Waals surface area contributed by atoms with E-state index in [0.29, 0.717) is 6.61 Å². The minimum absolute atomic E-state index is 0.0187. The van der Waals surface area contributed by atoms with Gasteiger partial charge in [0.15, 0.2) is 0 Å². The first-order valence-corrected chi connectivity index (χ1v) is 5.06. The van der Waals surface area contributed by atoms with Crippen molar-refractivity contribution in [3.8, 4) is 0 Å². The molecule has 0 radical (unpaired) electrons. The molecule has 0 saturated carbocycles. The monoisotopic (exact) mass is 201 g/mol. The van der Waals surface area contributed by atoms with Crippen LogP contribution in [0, 0.1) is 11.3 Å². The highest BCUT2D eigenvalue weighted by Gasteiger charge is 2.27. The Morgan fingerprint density at radius 2 is 1.86 bits per heavy atom. The summed E-state index contributed by atoms with van der Waals surface area (Å²) in [7, 11) is 3.92. The number of esters is 1. The molecule has 1 atom stereocenters. The van der Waals surface area contributed by atoms with Crippen molar-refractivity contribution in [3.05, 3.63) is 0 Å². The molecular formula is C11H23NO2. The predicted molar refractivity (Wildman–Crippen MR) is 58.1 cm³/mol. The van der Waals surface area contributed by atoms with Gasteiger partial charge in [0.05, 0.1) is 5.92 Å². The van der Waals surface area contributed by atoms with Crippen molar-refractivity contribution in [2.45, 2.75) is 27.7 Å². The normalized spacial score (nSPS) is 14.2. The summed E-state index contributed by atoms with van der Waals surface area (Å²) in [6.07, 6.45) is 0. The van der Waals surface area contributed by atoms with Gasteiger partial charge in [0.25, 0.3) is 0 Å². The van der Waals surface area contributed by atoms with E-state index in [0.717, 1.165) is 6.54 Å². The summed E-state index contributed by atoms with van der Waals surface area (Å²) >= 11 is 0. The SMILES string of the molecule is CC(C(=O)OCCN(C)C)C(C)(C)C. The number of likely N-dealkylation sites (N-methyl/N-ethyl adjacent to an activating group) is 1. The van der Waals surface area contributed by atoms with Crippen LogP contribution >= 0.6 is 0 Å². The second-order valence-electron chi connectivity index (χ2n) is 5.06. The number of ether oxygens (including phenoxy) is 1. The molecule has 84 valence electrons. The average molecular weight is 201 g/mol. The third-order valence-electron chi connectivity index (χ3n) is 2.44. The minimum Gasteiger partial charge on any atom is -0.464 e. The summed E-state index contributed by atoms with van der Waals surface area (Å²) in [6.45, 7) is 9.31. The zero-order valence-electron chi connectivity index (χ0n) is 10.3. The molecule has 0 saturated heterocycles. The minimum atomic E-state index is -0.0978. The fourth-order valence-electron chi connectivity index (χ4n) is 0.807. The molecule has 0 bridgehead atoms. The maximum absolute atomic E-state index is 11.5. The predicted octanol–water partition coefficient (Wildman–Crippen LogP) is 1.77. The fourth-order valence-corrected chi connectivity index (χ4v) is 0.807. The summed E-state index contributed by atoms with van der Waals surface area (Å²) in [5.74, 6) is -0.149. The average Bonchev–Trinajstić information content (AvgIpc) is 2.00. The Balaban J connectivity index is 3.86. The maximum Gasteiger partial charge on any atom is 0.309 e. The molecule has 0 aliphatic rings. The van der Waals surface area contributed by atoms with Crippen molar-refractivity contribution >= 4 is 5.97 Å². The van der Waals surface area contributed by atoms with E-state index in [4.69, 9.17) is 4.74 Å². The molecule has 1 unspecified atom stereocenters. The van der Waals surface area contributed by atoms with E-state index in [1.54, 1.807) is 0 Å². The van der Waals surface area contributed by atoms with Crippen LogP contribution in [-0.4, -0.2) is 38.1 Å². The third kappa shape index (κ3) is 5.22. The van der Waals surface area contributed by atoms with Crippen molar-refractivity contribution in [2.75, 3.05) is 27.2 Å². The highest BCUT2D eigenvalue weighted by atomic mass is 16.5. The van der Waals surface area contributed by atoms with Gasteiger partial charge in [-0.05, 0) is 19.5 Å². The van der Waals surface area contributed by atoms with Crippen molar-refractivity contribution in [1.29, 1.82) is 0 Å². The first-order chi connectivity index (χ1) is 6.25. The molecule has 0 rings (SSSR count). The molecule has 3 heteroatoms. The van der Waals surface area contributed by atoms with E-state index in [1.807, 2.05) is 46.7 Å². The van der Waals surface area contributed by atoms with Gasteiger partial charge in [-0.2, -0.15) is 0 Å². The molecule has 0 heterocycles. The second-order valence-corrected chi connectivity index (χ2v) is 5.06. The van der Waals surface area contributed by atoms with Gasteiger partial charge < -0.3 is 9.64 Å². The van der Waals surface area contributed by atoms with Gasteiger partial charge in [0, 0.05) is 6.54 Å². The van der Waals surface area contributed by atoms with E-state index >= 15 is 0 Å². The number of carbonyl (C=O) groups is 1. The van der Waals surface area contributed by atoms with Crippen molar-refractivity contribution < 1.29 is 9.53 Å². The Bertz CT molecular complexity index is 182. The van der Waals surface area contributed by atoms with E-state index in [2.05, 4.69) is 0 Å². The fraction of sp³-hybridized carbons (Fsp3) is 0.909. The van der Waals surface area contributed by atoms with Crippen molar-refractivity contribution in [1.82, 2.24) is 4.90 Å². The number of hydrogen-bond acceptors (Lipinski definition) is 3. The zero-order valence-corrected chi connectivity index (χ0v) is 10.3. The lowest BCUT2D eigenvalue weighted by atomic mass is 9.82. The van der Waals surface area contributed by atoms with Crippen LogP contribution in [-0.2, 0) is 9.53 Å². The number of hydrogen-bond donors (Lipinski definition) is 0. The highest BCUT2D eigenvalue weighted by molar-refractivity contribution is 5.72. The number of carbonyl (C=O) groups excluding carboxylic acids is 1. The molecule has 3 nitrogen and oxygen atoms in total. The summed E-state index contributed by atoms with van der Waals surface area (Å²) in [5, 5.41) is 0. The standard InChI is InChI=1S/C11H23NO2/c1-9(11(2,3)4)10(13)14-8-7-12(5)6/h9H,7-8H2,1-6H3. The van der Waals surface area contributed by atoms with E-state index in [1.165, 1.54) is 0 Å². The van der Waals surface area contributed by atoms with E-state index in [9.17, 15) is 4.79 Å². The Labute approximate surface area is 87.4 Å². The molecule has 0 aromatic carbocycles. The van der Waals surface area contributed by atoms with Gasteiger partial charge >= 0.3 is 5.97 Å². The largest absolute Gasteiger partial charge is 0.464 e. The van der Waals surface area contributed by atoms with Crippen LogP contribution in [0.25, 0.3) is 0 Å². The molecular weight excluding hydrogens is 178 g/mol. The van der Waals surface area contributed by atoms with Gasteiger partial charge in [-0.1, -0.05) is 27.7 Å². The molecule has 0 aromatic heterocycles. The van der Waals surface area contributed by atoms with Crippen LogP contribution in [0.5, 0.6) is 0 Å². The Hall–Kier alpha value is -0.570. The summed E-state index contributed by atoms with van der Waals surface area (Å²) in [5.41, 5.74) is -0.0187. The Morgan fingerprint density at radius 1 is 1.36 bits per heavy atom. The molecule has 14 heavy (non-hydrogen) atoms. The second kappa shape index (κ2) is 5.35. The quantitative estimate of drug-likeness (QED) is 0.649. The maximum atomic E-state index is 11.5.